The maximum atomic E-state index is 12.4. The van der Waals surface area contributed by atoms with Gasteiger partial charge < -0.3 is 0 Å². The molecule has 2 heteroatoms. The Morgan fingerprint density at radius 3 is 2.50 bits per heavy atom. The second-order valence-corrected chi connectivity index (χ2v) is 5.52. The number of ketones is 1. The van der Waals surface area contributed by atoms with Crippen molar-refractivity contribution in [3.05, 3.63) is 42.1 Å². The highest BCUT2D eigenvalue weighted by Gasteiger charge is 2.32. The number of carbonyl (C=O) groups is 1. The monoisotopic (exact) mass is 241 g/mol. The number of fused-ring (bicyclic) bond motifs is 1. The van der Waals surface area contributed by atoms with Crippen molar-refractivity contribution in [2.45, 2.75) is 33.1 Å². The highest BCUT2D eigenvalue weighted by atomic mass is 16.1. The van der Waals surface area contributed by atoms with E-state index in [1.165, 1.54) is 0 Å². The third-order valence-corrected chi connectivity index (χ3v) is 3.46. The van der Waals surface area contributed by atoms with Crippen LogP contribution in [-0.2, 0) is 10.2 Å². The normalized spacial score (nSPS) is 12.1. The van der Waals surface area contributed by atoms with Gasteiger partial charge in [-0.1, -0.05) is 32.0 Å². The number of hydrogen-bond acceptors (Lipinski definition) is 2. The fourth-order valence-electron chi connectivity index (χ4n) is 2.50. The molecule has 0 aliphatic carbocycles. The van der Waals surface area contributed by atoms with Crippen LogP contribution in [0.5, 0.6) is 0 Å². The fourth-order valence-corrected chi connectivity index (χ4v) is 2.50. The van der Waals surface area contributed by atoms with E-state index in [0.29, 0.717) is 0 Å². The molecule has 1 aromatic heterocycles. The van der Waals surface area contributed by atoms with Gasteiger partial charge in [0.15, 0.2) is 0 Å². The van der Waals surface area contributed by atoms with Crippen molar-refractivity contribution in [1.82, 2.24) is 4.98 Å². The molecule has 2 nitrogen and oxygen atoms in total. The average molecular weight is 241 g/mol. The SMILES string of the molecule is CC(C)C(=O)C(C)(C)c1ccnc2ccccc12. The number of hydrogen-bond donors (Lipinski definition) is 0. The summed E-state index contributed by atoms with van der Waals surface area (Å²) in [4.78, 5) is 16.7. The molecule has 94 valence electrons. The van der Waals surface area contributed by atoms with E-state index in [4.69, 9.17) is 0 Å². The summed E-state index contributed by atoms with van der Waals surface area (Å²) in [5.41, 5.74) is 1.53. The Balaban J connectivity index is 2.64. The third-order valence-electron chi connectivity index (χ3n) is 3.46. The van der Waals surface area contributed by atoms with Crippen molar-refractivity contribution in [3.8, 4) is 0 Å². The van der Waals surface area contributed by atoms with Crippen molar-refractivity contribution >= 4 is 16.7 Å². The second-order valence-electron chi connectivity index (χ2n) is 5.52. The van der Waals surface area contributed by atoms with Gasteiger partial charge in [0.2, 0.25) is 0 Å². The lowest BCUT2D eigenvalue weighted by Crippen LogP contribution is -2.32. The van der Waals surface area contributed by atoms with Crippen LogP contribution in [0.4, 0.5) is 0 Å². The summed E-state index contributed by atoms with van der Waals surface area (Å²) < 4.78 is 0. The van der Waals surface area contributed by atoms with Crippen LogP contribution in [0.3, 0.4) is 0 Å². The predicted octanol–water partition coefficient (Wildman–Crippen LogP) is 3.74. The molecule has 0 atom stereocenters. The predicted molar refractivity (Wildman–Crippen MR) is 74.6 cm³/mol. The lowest BCUT2D eigenvalue weighted by atomic mass is 9.75. The largest absolute Gasteiger partial charge is 0.298 e. The Morgan fingerprint density at radius 1 is 1.17 bits per heavy atom. The number of benzene rings is 1. The number of pyridine rings is 1. The van der Waals surface area contributed by atoms with Gasteiger partial charge in [-0.15, -0.1) is 0 Å². The highest BCUT2D eigenvalue weighted by molar-refractivity contribution is 5.96. The molecule has 1 aromatic carbocycles. The van der Waals surface area contributed by atoms with Gasteiger partial charge in [-0.3, -0.25) is 9.78 Å². The van der Waals surface area contributed by atoms with Crippen molar-refractivity contribution in [3.63, 3.8) is 0 Å². The van der Waals surface area contributed by atoms with Crippen molar-refractivity contribution < 1.29 is 4.79 Å². The summed E-state index contributed by atoms with van der Waals surface area (Å²) in [6, 6.07) is 9.93. The van der Waals surface area contributed by atoms with Crippen LogP contribution >= 0.6 is 0 Å². The van der Waals surface area contributed by atoms with Gasteiger partial charge in [0.05, 0.1) is 5.52 Å². The standard InChI is InChI=1S/C16H19NO/c1-11(2)15(18)16(3,4)13-9-10-17-14-8-6-5-7-12(13)14/h5-11H,1-4H3. The smallest absolute Gasteiger partial charge is 0.145 e. The number of para-hydroxylation sites is 1. The summed E-state index contributed by atoms with van der Waals surface area (Å²) in [5, 5.41) is 1.07. The first-order valence-corrected chi connectivity index (χ1v) is 6.33. The molecule has 0 radical (unpaired) electrons. The van der Waals surface area contributed by atoms with Crippen LogP contribution in [0.25, 0.3) is 10.9 Å². The number of rotatable bonds is 3. The van der Waals surface area contributed by atoms with Crippen molar-refractivity contribution in [2.75, 3.05) is 0 Å². The molecule has 0 spiro atoms. The Hall–Kier alpha value is -1.70. The molecule has 0 aliphatic heterocycles. The van der Waals surface area contributed by atoms with Crippen molar-refractivity contribution in [1.29, 1.82) is 0 Å². The molecule has 0 aliphatic rings. The first kappa shape index (κ1) is 12.7. The molecule has 0 saturated carbocycles. The number of carbonyl (C=O) groups excluding carboxylic acids is 1. The molecule has 0 unspecified atom stereocenters. The van der Waals surface area contributed by atoms with E-state index in [1.54, 1.807) is 6.20 Å². The zero-order valence-electron chi connectivity index (χ0n) is 11.4. The number of Topliss-reactive ketones (excluding diaryl/α,β-unsaturated/α-hetero) is 1. The van der Waals surface area contributed by atoms with E-state index in [1.807, 2.05) is 58.0 Å². The van der Waals surface area contributed by atoms with Gasteiger partial charge in [0.25, 0.3) is 0 Å². The van der Waals surface area contributed by atoms with Crippen LogP contribution in [0.1, 0.15) is 33.3 Å². The first-order valence-electron chi connectivity index (χ1n) is 6.33. The lowest BCUT2D eigenvalue weighted by Gasteiger charge is -2.27. The Morgan fingerprint density at radius 2 is 1.83 bits per heavy atom. The van der Waals surface area contributed by atoms with Gasteiger partial charge in [0.1, 0.15) is 5.78 Å². The van der Waals surface area contributed by atoms with Gasteiger partial charge in [0, 0.05) is 22.9 Å². The molecule has 2 rings (SSSR count). The minimum absolute atomic E-state index is 0.0342. The van der Waals surface area contributed by atoms with Gasteiger partial charge in [-0.05, 0) is 31.5 Å². The molecular weight excluding hydrogens is 222 g/mol. The maximum absolute atomic E-state index is 12.4. The summed E-state index contributed by atoms with van der Waals surface area (Å²) >= 11 is 0. The molecule has 0 amide bonds. The van der Waals surface area contributed by atoms with Crippen LogP contribution in [0.2, 0.25) is 0 Å². The molecule has 0 N–H and O–H groups in total. The molecular formula is C16H19NO. The van der Waals surface area contributed by atoms with Crippen LogP contribution in [0.15, 0.2) is 36.5 Å². The molecule has 18 heavy (non-hydrogen) atoms. The zero-order valence-corrected chi connectivity index (χ0v) is 11.4. The second kappa shape index (κ2) is 4.52. The zero-order chi connectivity index (χ0) is 13.3. The maximum Gasteiger partial charge on any atom is 0.145 e. The van der Waals surface area contributed by atoms with Crippen LogP contribution in [-0.4, -0.2) is 10.8 Å². The first-order chi connectivity index (χ1) is 8.44. The van der Waals surface area contributed by atoms with Crippen LogP contribution < -0.4 is 0 Å². The summed E-state index contributed by atoms with van der Waals surface area (Å²) in [7, 11) is 0. The Bertz CT molecular complexity index is 579. The Labute approximate surface area is 108 Å². The van der Waals surface area contributed by atoms with Gasteiger partial charge >= 0.3 is 0 Å². The van der Waals surface area contributed by atoms with Gasteiger partial charge in [-0.2, -0.15) is 0 Å². The van der Waals surface area contributed by atoms with E-state index in [9.17, 15) is 4.79 Å². The molecule has 0 saturated heterocycles. The van der Waals surface area contributed by atoms with E-state index in [0.717, 1.165) is 16.5 Å². The lowest BCUT2D eigenvalue weighted by molar-refractivity contribution is -0.126. The van der Waals surface area contributed by atoms with E-state index < -0.39 is 5.41 Å². The average Bonchev–Trinajstić information content (AvgIpc) is 2.36. The number of nitrogens with zero attached hydrogens (tertiary/aromatic N) is 1. The quantitative estimate of drug-likeness (QED) is 0.819. The molecule has 2 aromatic rings. The van der Waals surface area contributed by atoms with E-state index >= 15 is 0 Å². The summed E-state index contributed by atoms with van der Waals surface area (Å²) in [6.45, 7) is 7.90. The highest BCUT2D eigenvalue weighted by Crippen LogP contribution is 2.32. The molecule has 1 heterocycles. The van der Waals surface area contributed by atoms with E-state index in [2.05, 4.69) is 4.98 Å². The van der Waals surface area contributed by atoms with E-state index in [-0.39, 0.29) is 11.7 Å². The van der Waals surface area contributed by atoms with Gasteiger partial charge in [-0.25, -0.2) is 0 Å². The fraction of sp³-hybridized carbons (Fsp3) is 0.375. The Kier molecular flexibility index (Phi) is 3.20. The van der Waals surface area contributed by atoms with Crippen LogP contribution in [0, 0.1) is 5.92 Å². The minimum Gasteiger partial charge on any atom is -0.298 e. The minimum atomic E-state index is -0.475. The third kappa shape index (κ3) is 2.03. The summed E-state index contributed by atoms with van der Waals surface area (Å²) in [5.74, 6) is 0.297. The summed E-state index contributed by atoms with van der Waals surface area (Å²) in [6.07, 6.45) is 1.78. The van der Waals surface area contributed by atoms with Crippen molar-refractivity contribution in [2.24, 2.45) is 5.92 Å². The molecule has 0 bridgehead atoms. The number of aromatic nitrogens is 1. The molecule has 0 fully saturated rings. The topological polar surface area (TPSA) is 30.0 Å².